The molecule has 0 amide bonds. The van der Waals surface area contributed by atoms with E-state index in [1.807, 2.05) is 6.08 Å². The van der Waals surface area contributed by atoms with E-state index < -0.39 is 0 Å². The maximum atomic E-state index is 11.3. The second-order valence-corrected chi connectivity index (χ2v) is 7.01. The average Bonchev–Trinajstić information content (AvgIpc) is 3.07. The summed E-state index contributed by atoms with van der Waals surface area (Å²) in [4.78, 5) is 11.3. The van der Waals surface area contributed by atoms with Crippen LogP contribution in [0.3, 0.4) is 0 Å². The Balaban J connectivity index is 1.62. The van der Waals surface area contributed by atoms with E-state index in [0.29, 0.717) is 17.2 Å². The van der Waals surface area contributed by atoms with Gasteiger partial charge in [0.25, 0.3) is 0 Å². The van der Waals surface area contributed by atoms with Crippen LogP contribution in [0.1, 0.15) is 65.2 Å². The number of carbonyl (C=O) groups is 1. The Morgan fingerprint density at radius 2 is 1.88 bits per heavy atom. The number of anilines is 1. The van der Waals surface area contributed by atoms with E-state index in [2.05, 4.69) is 47.8 Å². The lowest BCUT2D eigenvalue weighted by molar-refractivity contribution is 0.111. The van der Waals surface area contributed by atoms with Gasteiger partial charge in [0.1, 0.15) is 11.5 Å². The molecule has 0 saturated heterocycles. The number of hydrogen-bond acceptors (Lipinski definition) is 3. The van der Waals surface area contributed by atoms with Crippen molar-refractivity contribution in [3.63, 3.8) is 0 Å². The number of hydrogen-bond donors (Lipinski definition) is 1. The van der Waals surface area contributed by atoms with Gasteiger partial charge in [-0.25, -0.2) is 4.68 Å². The fourth-order valence-electron chi connectivity index (χ4n) is 3.98. The monoisotopic (exact) mass is 345 g/mol. The first-order valence-electron chi connectivity index (χ1n) is 9.20. The molecule has 1 aromatic heterocycles. The fourth-order valence-corrected chi connectivity index (χ4v) is 3.98. The minimum atomic E-state index is 0.367. The number of fused-ring (bicyclic) bond motifs is 1. The molecule has 4 heteroatoms. The summed E-state index contributed by atoms with van der Waals surface area (Å²) >= 11 is 0. The highest BCUT2D eigenvalue weighted by Gasteiger charge is 2.22. The first kappa shape index (κ1) is 16.6. The molecule has 1 N–H and O–H groups in total. The number of allylic oxidation sites excluding steroid dienone is 2. The second-order valence-electron chi connectivity index (χ2n) is 7.01. The van der Waals surface area contributed by atoms with Crippen molar-refractivity contribution in [3.8, 4) is 0 Å². The molecule has 132 valence electrons. The highest BCUT2D eigenvalue weighted by Crippen LogP contribution is 2.35. The molecule has 1 aliphatic heterocycles. The lowest BCUT2D eigenvalue weighted by Gasteiger charge is -2.23. The molecule has 2 aromatic rings. The van der Waals surface area contributed by atoms with Crippen molar-refractivity contribution < 1.29 is 4.79 Å². The Bertz CT molecular complexity index is 896. The SMILES string of the molecule is C=Cc1c(C=O)nn2c1NC(c1ccc(C3CCCCC3)cc1)=CC2=C. The maximum Gasteiger partial charge on any atom is 0.171 e. The minimum absolute atomic E-state index is 0.367. The van der Waals surface area contributed by atoms with E-state index in [1.54, 1.807) is 10.8 Å². The summed E-state index contributed by atoms with van der Waals surface area (Å²) in [5, 5.41) is 7.68. The topological polar surface area (TPSA) is 46.9 Å². The number of benzene rings is 1. The van der Waals surface area contributed by atoms with Crippen molar-refractivity contribution in [2.45, 2.75) is 38.0 Å². The molecule has 1 aromatic carbocycles. The number of rotatable bonds is 4. The Morgan fingerprint density at radius 3 is 2.54 bits per heavy atom. The summed E-state index contributed by atoms with van der Waals surface area (Å²) in [6.07, 6.45) is 11.0. The highest BCUT2D eigenvalue weighted by atomic mass is 16.1. The van der Waals surface area contributed by atoms with Gasteiger partial charge in [-0.3, -0.25) is 4.79 Å². The van der Waals surface area contributed by atoms with Gasteiger partial charge >= 0.3 is 0 Å². The Morgan fingerprint density at radius 1 is 1.15 bits per heavy atom. The van der Waals surface area contributed by atoms with Gasteiger partial charge in [-0.05, 0) is 36.0 Å². The first-order valence-corrected chi connectivity index (χ1v) is 9.20. The van der Waals surface area contributed by atoms with Gasteiger partial charge in [-0.15, -0.1) is 0 Å². The predicted octanol–water partition coefficient (Wildman–Crippen LogP) is 5.32. The van der Waals surface area contributed by atoms with Crippen LogP contribution in [0.2, 0.25) is 0 Å². The summed E-state index contributed by atoms with van der Waals surface area (Å²) in [6.45, 7) is 7.88. The number of carbonyl (C=O) groups excluding carboxylic acids is 1. The number of aromatic nitrogens is 2. The van der Waals surface area contributed by atoms with Gasteiger partial charge in [0, 0.05) is 11.3 Å². The Labute approximate surface area is 153 Å². The van der Waals surface area contributed by atoms with Crippen LogP contribution in [-0.4, -0.2) is 16.1 Å². The van der Waals surface area contributed by atoms with Crippen molar-refractivity contribution in [3.05, 3.63) is 65.9 Å². The lowest BCUT2D eigenvalue weighted by Crippen LogP contribution is -2.12. The molecule has 4 rings (SSSR count). The summed E-state index contributed by atoms with van der Waals surface area (Å²) in [6, 6.07) is 8.81. The van der Waals surface area contributed by atoms with Crippen LogP contribution in [0, 0.1) is 0 Å². The third-order valence-electron chi connectivity index (χ3n) is 5.40. The molecule has 0 spiro atoms. The van der Waals surface area contributed by atoms with Gasteiger partial charge in [-0.2, -0.15) is 5.10 Å². The third kappa shape index (κ3) is 2.81. The molecule has 1 aliphatic carbocycles. The van der Waals surface area contributed by atoms with Crippen LogP contribution in [0.25, 0.3) is 17.5 Å². The fraction of sp³-hybridized carbons (Fsp3) is 0.273. The maximum absolute atomic E-state index is 11.3. The summed E-state index contributed by atoms with van der Waals surface area (Å²) in [5.41, 5.74) is 5.28. The quantitative estimate of drug-likeness (QED) is 0.763. The van der Waals surface area contributed by atoms with Crippen LogP contribution in [-0.2, 0) is 0 Å². The molecular weight excluding hydrogens is 322 g/mol. The Kier molecular flexibility index (Phi) is 4.33. The van der Waals surface area contributed by atoms with E-state index in [1.165, 1.54) is 37.7 Å². The smallest absolute Gasteiger partial charge is 0.171 e. The Hall–Kier alpha value is -2.88. The number of nitrogens with zero attached hydrogens (tertiary/aromatic N) is 2. The van der Waals surface area contributed by atoms with E-state index in [4.69, 9.17) is 0 Å². The van der Waals surface area contributed by atoms with Crippen molar-refractivity contribution in [1.29, 1.82) is 0 Å². The molecule has 2 aliphatic rings. The summed E-state index contributed by atoms with van der Waals surface area (Å²) in [7, 11) is 0. The zero-order valence-electron chi connectivity index (χ0n) is 14.9. The zero-order chi connectivity index (χ0) is 18.1. The van der Waals surface area contributed by atoms with E-state index in [-0.39, 0.29) is 0 Å². The van der Waals surface area contributed by atoms with Crippen LogP contribution in [0.4, 0.5) is 5.82 Å². The molecule has 1 saturated carbocycles. The van der Waals surface area contributed by atoms with Gasteiger partial charge in [0.15, 0.2) is 6.29 Å². The van der Waals surface area contributed by atoms with E-state index in [0.717, 1.165) is 29.1 Å². The highest BCUT2D eigenvalue weighted by molar-refractivity contribution is 5.93. The van der Waals surface area contributed by atoms with Crippen LogP contribution < -0.4 is 5.32 Å². The van der Waals surface area contributed by atoms with Crippen LogP contribution in [0.5, 0.6) is 0 Å². The third-order valence-corrected chi connectivity index (χ3v) is 5.40. The van der Waals surface area contributed by atoms with Crippen molar-refractivity contribution in [2.75, 3.05) is 5.32 Å². The zero-order valence-corrected chi connectivity index (χ0v) is 14.9. The lowest BCUT2D eigenvalue weighted by atomic mass is 9.84. The number of aldehydes is 1. The number of nitrogens with one attached hydrogen (secondary N) is 1. The standard InChI is InChI=1S/C22H23N3O/c1-3-19-21(14-26)24-25-15(2)13-20(23-22(19)25)18-11-9-17(10-12-18)16-7-5-4-6-8-16/h3,9-14,16,23H,1-2,4-8H2. The largest absolute Gasteiger partial charge is 0.339 e. The summed E-state index contributed by atoms with van der Waals surface area (Å²) < 4.78 is 1.65. The normalized spacial score (nSPS) is 17.2. The minimum Gasteiger partial charge on any atom is -0.339 e. The van der Waals surface area contributed by atoms with Gasteiger partial charge in [0.2, 0.25) is 0 Å². The van der Waals surface area contributed by atoms with Gasteiger partial charge in [0.05, 0.1) is 5.70 Å². The van der Waals surface area contributed by atoms with Crippen molar-refractivity contribution >= 4 is 29.6 Å². The summed E-state index contributed by atoms with van der Waals surface area (Å²) in [5.74, 6) is 1.44. The van der Waals surface area contributed by atoms with E-state index in [9.17, 15) is 4.79 Å². The molecule has 0 bridgehead atoms. The molecule has 0 unspecified atom stereocenters. The van der Waals surface area contributed by atoms with Crippen LogP contribution in [0.15, 0.2) is 43.5 Å². The predicted molar refractivity (Wildman–Crippen MR) is 107 cm³/mol. The van der Waals surface area contributed by atoms with Crippen molar-refractivity contribution in [1.82, 2.24) is 9.78 Å². The molecule has 0 atom stereocenters. The molecule has 26 heavy (non-hydrogen) atoms. The molecular formula is C22H23N3O. The molecule has 0 radical (unpaired) electrons. The van der Waals surface area contributed by atoms with Crippen molar-refractivity contribution in [2.24, 2.45) is 0 Å². The molecule has 4 nitrogen and oxygen atoms in total. The van der Waals surface area contributed by atoms with Gasteiger partial charge < -0.3 is 5.32 Å². The van der Waals surface area contributed by atoms with E-state index >= 15 is 0 Å². The average molecular weight is 345 g/mol. The molecule has 1 fully saturated rings. The second kappa shape index (κ2) is 6.79. The first-order chi connectivity index (χ1) is 12.7. The van der Waals surface area contributed by atoms with Crippen LogP contribution >= 0.6 is 0 Å². The van der Waals surface area contributed by atoms with Gasteiger partial charge in [-0.1, -0.05) is 62.8 Å². The molecule has 2 heterocycles.